The fourth-order valence-corrected chi connectivity index (χ4v) is 5.05. The Morgan fingerprint density at radius 1 is 0.958 bits per heavy atom. The van der Waals surface area contributed by atoms with Gasteiger partial charge in [-0.3, -0.25) is 0 Å². The fraction of sp³-hybridized carbons (Fsp3) is 0.636. The van der Waals surface area contributed by atoms with Crippen molar-refractivity contribution in [2.45, 2.75) is 67.9 Å². The predicted octanol–water partition coefficient (Wildman–Crippen LogP) is 5.65. The molecule has 2 nitrogen and oxygen atoms in total. The van der Waals surface area contributed by atoms with Crippen molar-refractivity contribution >= 4 is 5.57 Å². The number of phenolic OH excluding ortho intramolecular Hbond substituents is 1. The molecule has 0 spiro atoms. The molecule has 0 bridgehead atoms. The van der Waals surface area contributed by atoms with Gasteiger partial charge < -0.3 is 10.2 Å². The van der Waals surface area contributed by atoms with E-state index in [2.05, 4.69) is 61.5 Å². The average Bonchev–Trinajstić information content (AvgIpc) is 2.39. The number of aromatic hydroxyl groups is 1. The Hall–Kier alpha value is -1.28. The monoisotopic (exact) mass is 330 g/mol. The van der Waals surface area contributed by atoms with E-state index < -0.39 is 6.10 Å². The standard InChI is InChI=1S/C22H34O2/c1-19(2,3)22(20(4,5)6)14-21(7,8)13-16(18(22)24)15-11-9-10-12-17(15)23/h9-13,18,23-24H,14H2,1-8H3. The van der Waals surface area contributed by atoms with Crippen molar-refractivity contribution in [2.75, 3.05) is 0 Å². The summed E-state index contributed by atoms with van der Waals surface area (Å²) in [5, 5.41) is 22.0. The Labute approximate surface area is 147 Å². The number of hydrogen-bond acceptors (Lipinski definition) is 2. The summed E-state index contributed by atoms with van der Waals surface area (Å²) >= 11 is 0. The molecule has 0 heterocycles. The van der Waals surface area contributed by atoms with Crippen molar-refractivity contribution in [3.8, 4) is 5.75 Å². The topological polar surface area (TPSA) is 40.5 Å². The summed E-state index contributed by atoms with van der Waals surface area (Å²) in [4.78, 5) is 0. The molecule has 1 atom stereocenters. The van der Waals surface area contributed by atoms with Gasteiger partial charge in [0.1, 0.15) is 5.75 Å². The molecule has 2 heteroatoms. The largest absolute Gasteiger partial charge is 0.507 e. The van der Waals surface area contributed by atoms with Crippen LogP contribution in [-0.2, 0) is 0 Å². The van der Waals surface area contributed by atoms with Crippen LogP contribution in [0.4, 0.5) is 0 Å². The number of para-hydroxylation sites is 1. The highest BCUT2D eigenvalue weighted by Crippen LogP contribution is 2.64. The second-order valence-corrected chi connectivity index (χ2v) is 10.2. The number of allylic oxidation sites excluding steroid dienone is 1. The lowest BCUT2D eigenvalue weighted by atomic mass is 9.44. The number of aliphatic hydroxyl groups excluding tert-OH is 1. The molecule has 134 valence electrons. The summed E-state index contributed by atoms with van der Waals surface area (Å²) < 4.78 is 0. The Morgan fingerprint density at radius 3 is 1.92 bits per heavy atom. The van der Waals surface area contributed by atoms with Crippen LogP contribution in [0.5, 0.6) is 5.75 Å². The highest BCUT2D eigenvalue weighted by molar-refractivity contribution is 5.75. The summed E-state index contributed by atoms with van der Waals surface area (Å²) in [5.74, 6) is 0.234. The third-order valence-electron chi connectivity index (χ3n) is 5.93. The van der Waals surface area contributed by atoms with E-state index in [1.165, 1.54) is 0 Å². The van der Waals surface area contributed by atoms with Crippen LogP contribution < -0.4 is 0 Å². The van der Waals surface area contributed by atoms with Crippen molar-refractivity contribution in [1.29, 1.82) is 0 Å². The van der Waals surface area contributed by atoms with Gasteiger partial charge in [-0.05, 0) is 34.3 Å². The van der Waals surface area contributed by atoms with Crippen LogP contribution in [0.2, 0.25) is 0 Å². The van der Waals surface area contributed by atoms with Gasteiger partial charge in [0.2, 0.25) is 0 Å². The molecule has 0 amide bonds. The van der Waals surface area contributed by atoms with Crippen LogP contribution in [-0.4, -0.2) is 16.3 Å². The molecule has 0 saturated carbocycles. The van der Waals surface area contributed by atoms with Crippen molar-refractivity contribution in [1.82, 2.24) is 0 Å². The smallest absolute Gasteiger partial charge is 0.123 e. The SMILES string of the molecule is CC1(C)C=C(c2ccccc2O)C(O)C(C(C)(C)C)(C(C)(C)C)C1. The molecule has 0 aromatic heterocycles. The molecule has 1 aliphatic rings. The second kappa shape index (κ2) is 5.62. The van der Waals surface area contributed by atoms with Gasteiger partial charge in [-0.25, -0.2) is 0 Å². The first-order valence-electron chi connectivity index (χ1n) is 8.92. The third kappa shape index (κ3) is 2.90. The number of rotatable bonds is 1. The Balaban J connectivity index is 2.76. The molecule has 0 aliphatic heterocycles. The molecule has 1 aromatic carbocycles. The maximum atomic E-state index is 11.6. The summed E-state index contributed by atoms with van der Waals surface area (Å²) in [6.45, 7) is 17.8. The normalized spacial score (nSPS) is 23.7. The van der Waals surface area contributed by atoms with E-state index in [0.717, 1.165) is 17.6 Å². The second-order valence-electron chi connectivity index (χ2n) is 10.2. The van der Waals surface area contributed by atoms with Crippen molar-refractivity contribution in [2.24, 2.45) is 21.7 Å². The zero-order valence-corrected chi connectivity index (χ0v) is 16.6. The number of hydrogen-bond donors (Lipinski definition) is 2. The van der Waals surface area contributed by atoms with Crippen LogP contribution >= 0.6 is 0 Å². The Morgan fingerprint density at radius 2 is 1.46 bits per heavy atom. The van der Waals surface area contributed by atoms with Crippen molar-refractivity contribution < 1.29 is 10.2 Å². The molecule has 0 saturated heterocycles. The molecular formula is C22H34O2. The summed E-state index contributed by atoms with van der Waals surface area (Å²) in [6, 6.07) is 7.34. The van der Waals surface area contributed by atoms with Crippen LogP contribution in [0.1, 0.15) is 67.4 Å². The van der Waals surface area contributed by atoms with Crippen molar-refractivity contribution in [3.63, 3.8) is 0 Å². The zero-order valence-electron chi connectivity index (χ0n) is 16.6. The van der Waals surface area contributed by atoms with Crippen LogP contribution in [0.3, 0.4) is 0 Å². The van der Waals surface area contributed by atoms with Crippen molar-refractivity contribution in [3.05, 3.63) is 35.9 Å². The fourth-order valence-electron chi connectivity index (χ4n) is 5.05. The molecule has 0 radical (unpaired) electrons. The maximum Gasteiger partial charge on any atom is 0.123 e. The number of aliphatic hydroxyl groups is 1. The maximum absolute atomic E-state index is 11.6. The lowest BCUT2D eigenvalue weighted by Gasteiger charge is -2.61. The lowest BCUT2D eigenvalue weighted by molar-refractivity contribution is -0.131. The van der Waals surface area contributed by atoms with E-state index in [1.807, 2.05) is 18.2 Å². The van der Waals surface area contributed by atoms with Gasteiger partial charge in [0, 0.05) is 11.0 Å². The van der Waals surface area contributed by atoms with E-state index >= 15 is 0 Å². The van der Waals surface area contributed by atoms with E-state index in [9.17, 15) is 10.2 Å². The summed E-state index contributed by atoms with van der Waals surface area (Å²) in [7, 11) is 0. The highest BCUT2D eigenvalue weighted by atomic mass is 16.3. The molecule has 2 N–H and O–H groups in total. The van der Waals surface area contributed by atoms with Gasteiger partial charge in [-0.15, -0.1) is 0 Å². The summed E-state index contributed by atoms with van der Waals surface area (Å²) in [5.41, 5.74) is 1.05. The number of benzene rings is 1. The highest BCUT2D eigenvalue weighted by Gasteiger charge is 2.59. The average molecular weight is 331 g/mol. The quantitative estimate of drug-likeness (QED) is 0.699. The molecule has 1 unspecified atom stereocenters. The zero-order chi connectivity index (χ0) is 18.6. The van der Waals surface area contributed by atoms with Gasteiger partial charge in [0.15, 0.2) is 0 Å². The van der Waals surface area contributed by atoms with Crippen LogP contribution in [0.25, 0.3) is 5.57 Å². The molecule has 0 fully saturated rings. The minimum absolute atomic E-state index is 0.0581. The van der Waals surface area contributed by atoms with Crippen LogP contribution in [0.15, 0.2) is 30.3 Å². The first-order chi connectivity index (χ1) is 10.7. The number of phenols is 1. The van der Waals surface area contributed by atoms with Gasteiger partial charge in [0.05, 0.1) is 6.10 Å². The van der Waals surface area contributed by atoms with Crippen LogP contribution in [0, 0.1) is 21.7 Å². The summed E-state index contributed by atoms with van der Waals surface area (Å²) in [6.07, 6.45) is 2.44. The molecular weight excluding hydrogens is 296 g/mol. The Kier molecular flexibility index (Phi) is 4.46. The first kappa shape index (κ1) is 19.1. The predicted molar refractivity (Wildman–Crippen MR) is 102 cm³/mol. The minimum Gasteiger partial charge on any atom is -0.507 e. The third-order valence-corrected chi connectivity index (χ3v) is 5.93. The molecule has 1 aromatic rings. The lowest BCUT2D eigenvalue weighted by Crippen LogP contribution is -2.58. The Bertz CT molecular complexity index is 625. The minimum atomic E-state index is -0.626. The molecule has 1 aliphatic carbocycles. The van der Waals surface area contributed by atoms with Gasteiger partial charge in [-0.2, -0.15) is 0 Å². The van der Waals surface area contributed by atoms with E-state index in [-0.39, 0.29) is 27.4 Å². The molecule has 24 heavy (non-hydrogen) atoms. The van der Waals surface area contributed by atoms with E-state index in [0.29, 0.717) is 0 Å². The van der Waals surface area contributed by atoms with Gasteiger partial charge >= 0.3 is 0 Å². The van der Waals surface area contributed by atoms with E-state index in [4.69, 9.17) is 0 Å². The molecule has 2 rings (SSSR count). The van der Waals surface area contributed by atoms with Gasteiger partial charge in [0.25, 0.3) is 0 Å². The first-order valence-corrected chi connectivity index (χ1v) is 8.92. The van der Waals surface area contributed by atoms with Gasteiger partial charge in [-0.1, -0.05) is 79.7 Å². The van der Waals surface area contributed by atoms with E-state index in [1.54, 1.807) is 6.07 Å².